The molecule has 0 amide bonds. The Balaban J connectivity index is 2.97. The van der Waals surface area contributed by atoms with E-state index in [9.17, 15) is 5.21 Å². The van der Waals surface area contributed by atoms with E-state index in [1.165, 1.54) is 0 Å². The van der Waals surface area contributed by atoms with Gasteiger partial charge in [0.1, 0.15) is 6.04 Å². The summed E-state index contributed by atoms with van der Waals surface area (Å²) >= 11 is 0. The first-order valence-electron chi connectivity index (χ1n) is 4.88. The number of nitriles is 1. The SMILES string of the molecule is CC(C)(C)N([O-])C(C#N)c1ccccc1. The molecule has 3 heteroatoms. The van der Waals surface area contributed by atoms with Crippen molar-refractivity contribution in [1.29, 1.82) is 5.26 Å². The molecule has 0 saturated carbocycles. The molecule has 15 heavy (non-hydrogen) atoms. The molecule has 0 aliphatic rings. The maximum atomic E-state index is 11.9. The normalized spacial score (nSPS) is 13.6. The van der Waals surface area contributed by atoms with E-state index in [0.29, 0.717) is 0 Å². The van der Waals surface area contributed by atoms with Crippen LogP contribution in [0.1, 0.15) is 32.4 Å². The molecule has 0 bridgehead atoms. The highest BCUT2D eigenvalue weighted by Crippen LogP contribution is 2.26. The largest absolute Gasteiger partial charge is 0.784 e. The van der Waals surface area contributed by atoms with Crippen molar-refractivity contribution in [2.75, 3.05) is 0 Å². The van der Waals surface area contributed by atoms with Gasteiger partial charge in [-0.1, -0.05) is 30.3 Å². The van der Waals surface area contributed by atoms with Crippen LogP contribution in [0.4, 0.5) is 0 Å². The lowest BCUT2D eigenvalue weighted by molar-refractivity contribution is 0.175. The highest BCUT2D eigenvalue weighted by molar-refractivity contribution is 5.24. The van der Waals surface area contributed by atoms with Gasteiger partial charge in [0.05, 0.1) is 6.07 Å². The van der Waals surface area contributed by atoms with Crippen LogP contribution in [-0.4, -0.2) is 10.6 Å². The van der Waals surface area contributed by atoms with Crippen molar-refractivity contribution in [3.63, 3.8) is 0 Å². The average Bonchev–Trinajstić information content (AvgIpc) is 2.19. The van der Waals surface area contributed by atoms with Crippen molar-refractivity contribution in [1.82, 2.24) is 5.06 Å². The summed E-state index contributed by atoms with van der Waals surface area (Å²) in [5.74, 6) is 0. The van der Waals surface area contributed by atoms with Gasteiger partial charge in [0.25, 0.3) is 0 Å². The van der Waals surface area contributed by atoms with Gasteiger partial charge in [-0.2, -0.15) is 5.26 Å². The van der Waals surface area contributed by atoms with Gasteiger partial charge in [-0.25, -0.2) is 0 Å². The molecule has 1 rings (SSSR count). The summed E-state index contributed by atoms with van der Waals surface area (Å²) in [5, 5.41) is 21.7. The molecule has 3 nitrogen and oxygen atoms in total. The van der Waals surface area contributed by atoms with Crippen molar-refractivity contribution >= 4 is 0 Å². The van der Waals surface area contributed by atoms with Crippen LogP contribution < -0.4 is 0 Å². The molecule has 1 aromatic rings. The van der Waals surface area contributed by atoms with Gasteiger partial charge in [0.15, 0.2) is 0 Å². The zero-order valence-electron chi connectivity index (χ0n) is 9.27. The third-order valence-corrected chi connectivity index (χ3v) is 2.13. The standard InChI is InChI=1S/C12H15N2O/c1-12(2,3)14(15)11(9-13)10-7-5-4-6-8-10/h4-8,11H,1-3H3/q-1. The highest BCUT2D eigenvalue weighted by Gasteiger charge is 2.21. The Hall–Kier alpha value is -1.37. The average molecular weight is 203 g/mol. The molecule has 0 saturated heterocycles. The summed E-state index contributed by atoms with van der Waals surface area (Å²) in [5.41, 5.74) is 0.181. The number of rotatable bonds is 2. The Morgan fingerprint density at radius 2 is 1.80 bits per heavy atom. The van der Waals surface area contributed by atoms with E-state index in [-0.39, 0.29) is 0 Å². The van der Waals surface area contributed by atoms with Crippen molar-refractivity contribution in [2.45, 2.75) is 32.4 Å². The molecular formula is C12H15N2O-. The number of hydroxylamine groups is 2. The minimum atomic E-state index is -0.730. The number of benzene rings is 1. The van der Waals surface area contributed by atoms with Crippen LogP contribution in [0.5, 0.6) is 0 Å². The van der Waals surface area contributed by atoms with Gasteiger partial charge in [-0.15, -0.1) is 0 Å². The molecular weight excluding hydrogens is 188 g/mol. The van der Waals surface area contributed by atoms with Crippen molar-refractivity contribution in [3.05, 3.63) is 41.1 Å². The highest BCUT2D eigenvalue weighted by atomic mass is 16.5. The number of nitrogens with zero attached hydrogens (tertiary/aromatic N) is 2. The van der Waals surface area contributed by atoms with Crippen molar-refractivity contribution in [3.8, 4) is 6.07 Å². The maximum Gasteiger partial charge on any atom is 0.112 e. The summed E-state index contributed by atoms with van der Waals surface area (Å²) in [6.07, 6.45) is 0. The molecule has 0 heterocycles. The van der Waals surface area contributed by atoms with Gasteiger partial charge in [0.2, 0.25) is 0 Å². The lowest BCUT2D eigenvalue weighted by Gasteiger charge is -2.44. The minimum absolute atomic E-state index is 0.559. The van der Waals surface area contributed by atoms with Gasteiger partial charge >= 0.3 is 0 Å². The van der Waals surface area contributed by atoms with Crippen molar-refractivity contribution < 1.29 is 0 Å². The van der Waals surface area contributed by atoms with Crippen molar-refractivity contribution in [2.24, 2.45) is 0 Å². The second-order valence-electron chi connectivity index (χ2n) is 4.44. The molecule has 1 unspecified atom stereocenters. The minimum Gasteiger partial charge on any atom is -0.784 e. The zero-order valence-corrected chi connectivity index (χ0v) is 9.27. The van der Waals surface area contributed by atoms with Crippen LogP contribution in [0.3, 0.4) is 0 Å². The van der Waals surface area contributed by atoms with E-state index in [0.717, 1.165) is 10.6 Å². The fraction of sp³-hybridized carbons (Fsp3) is 0.417. The second-order valence-corrected chi connectivity index (χ2v) is 4.44. The third kappa shape index (κ3) is 2.79. The Morgan fingerprint density at radius 3 is 2.20 bits per heavy atom. The molecule has 0 aliphatic carbocycles. The van der Waals surface area contributed by atoms with Crippen LogP contribution in [0.15, 0.2) is 30.3 Å². The van der Waals surface area contributed by atoms with E-state index in [4.69, 9.17) is 5.26 Å². The summed E-state index contributed by atoms with van der Waals surface area (Å²) in [6, 6.07) is 10.4. The fourth-order valence-electron chi connectivity index (χ4n) is 1.28. The van der Waals surface area contributed by atoms with E-state index in [2.05, 4.69) is 0 Å². The first-order valence-corrected chi connectivity index (χ1v) is 4.88. The maximum absolute atomic E-state index is 11.9. The summed E-state index contributed by atoms with van der Waals surface area (Å²) < 4.78 is 0. The molecule has 1 atom stereocenters. The predicted molar refractivity (Wildman–Crippen MR) is 59.8 cm³/mol. The van der Waals surface area contributed by atoms with Gasteiger partial charge in [0, 0.05) is 5.54 Å². The van der Waals surface area contributed by atoms with Crippen LogP contribution in [0.2, 0.25) is 0 Å². The summed E-state index contributed by atoms with van der Waals surface area (Å²) in [4.78, 5) is 0. The van der Waals surface area contributed by atoms with E-state index >= 15 is 0 Å². The van der Waals surface area contributed by atoms with E-state index in [1.807, 2.05) is 24.3 Å². The lowest BCUT2D eigenvalue weighted by atomic mass is 10.0. The van der Waals surface area contributed by atoms with Crippen LogP contribution in [0.25, 0.3) is 0 Å². The predicted octanol–water partition coefficient (Wildman–Crippen LogP) is 2.85. The topological polar surface area (TPSA) is 50.1 Å². The molecule has 1 aromatic carbocycles. The van der Waals surface area contributed by atoms with Crippen LogP contribution >= 0.6 is 0 Å². The van der Waals surface area contributed by atoms with Gasteiger partial charge in [-0.05, 0) is 26.3 Å². The molecule has 0 radical (unpaired) electrons. The number of hydrogen-bond acceptors (Lipinski definition) is 3. The zero-order chi connectivity index (χ0) is 11.5. The first-order chi connectivity index (χ1) is 6.96. The Bertz CT molecular complexity index is 348. The lowest BCUT2D eigenvalue weighted by Crippen LogP contribution is -2.38. The fourth-order valence-corrected chi connectivity index (χ4v) is 1.28. The molecule has 0 N–H and O–H groups in total. The molecule has 80 valence electrons. The molecule has 0 fully saturated rings. The Morgan fingerprint density at radius 1 is 1.27 bits per heavy atom. The molecule has 0 aliphatic heterocycles. The summed E-state index contributed by atoms with van der Waals surface area (Å²) in [7, 11) is 0. The third-order valence-electron chi connectivity index (χ3n) is 2.13. The quantitative estimate of drug-likeness (QED) is 0.694. The van der Waals surface area contributed by atoms with Gasteiger partial charge < -0.3 is 10.3 Å². The molecule has 0 spiro atoms. The van der Waals surface area contributed by atoms with Crippen LogP contribution in [0, 0.1) is 16.5 Å². The van der Waals surface area contributed by atoms with E-state index < -0.39 is 11.6 Å². The molecule has 0 aromatic heterocycles. The summed E-state index contributed by atoms with van der Waals surface area (Å²) in [6.45, 7) is 5.40. The first kappa shape index (κ1) is 11.7. The Labute approximate surface area is 90.5 Å². The van der Waals surface area contributed by atoms with Gasteiger partial charge in [-0.3, -0.25) is 0 Å². The smallest absolute Gasteiger partial charge is 0.112 e. The second kappa shape index (κ2) is 4.43. The van der Waals surface area contributed by atoms with Crippen LogP contribution in [-0.2, 0) is 0 Å². The number of hydrogen-bond donors (Lipinski definition) is 0. The van der Waals surface area contributed by atoms with E-state index in [1.54, 1.807) is 32.9 Å². The monoisotopic (exact) mass is 203 g/mol. The Kier molecular flexibility index (Phi) is 3.46.